The summed E-state index contributed by atoms with van der Waals surface area (Å²) in [4.78, 5) is 7.44. The van der Waals surface area contributed by atoms with E-state index in [2.05, 4.69) is 201 Å². The van der Waals surface area contributed by atoms with Crippen molar-refractivity contribution in [1.82, 2.24) is 4.98 Å². The van der Waals surface area contributed by atoms with Crippen LogP contribution in [0, 0.1) is 0 Å². The molecule has 8 aromatic carbocycles. The number of fused-ring (bicyclic) bond motifs is 7. The van der Waals surface area contributed by atoms with Gasteiger partial charge in [0, 0.05) is 48.1 Å². The maximum Gasteiger partial charge on any atom is 0.124 e. The highest BCUT2D eigenvalue weighted by molar-refractivity contribution is 7.26. The summed E-state index contributed by atoms with van der Waals surface area (Å²) >= 11 is 3.62. The lowest BCUT2D eigenvalue weighted by Crippen LogP contribution is -2.15. The first-order chi connectivity index (χ1) is 27.5. The molecule has 2 nitrogen and oxygen atoms in total. The summed E-state index contributed by atoms with van der Waals surface area (Å²) in [6.07, 6.45) is 0. The number of aromatic nitrogens is 1. The lowest BCUT2D eigenvalue weighted by molar-refractivity contribution is 0.660. The maximum atomic E-state index is 5.01. The Balaban J connectivity index is 0.995. The van der Waals surface area contributed by atoms with Gasteiger partial charge in [-0.15, -0.1) is 22.7 Å². The Bertz CT molecular complexity index is 3100. The van der Waals surface area contributed by atoms with Crippen LogP contribution in [0.4, 0.5) is 17.1 Å². The molecule has 0 fully saturated rings. The van der Waals surface area contributed by atoms with Crippen LogP contribution in [0.15, 0.2) is 182 Å². The topological polar surface area (TPSA) is 16.1 Å². The number of hydrogen-bond donors (Lipinski definition) is 0. The number of anilines is 3. The van der Waals surface area contributed by atoms with Crippen molar-refractivity contribution in [1.29, 1.82) is 0 Å². The zero-order chi connectivity index (χ0) is 37.4. The summed E-state index contributed by atoms with van der Waals surface area (Å²) in [7, 11) is 0. The van der Waals surface area contributed by atoms with Gasteiger partial charge in [0.2, 0.25) is 0 Å². The molecular formula is C52H36N2S2. The molecule has 0 unspecified atom stereocenters. The molecule has 0 saturated carbocycles. The smallest absolute Gasteiger partial charge is 0.124 e. The van der Waals surface area contributed by atoms with Gasteiger partial charge >= 0.3 is 0 Å². The lowest BCUT2D eigenvalue weighted by atomic mass is 9.82. The van der Waals surface area contributed by atoms with Gasteiger partial charge in [-0.2, -0.15) is 0 Å². The molecule has 0 saturated heterocycles. The van der Waals surface area contributed by atoms with Crippen LogP contribution in [-0.4, -0.2) is 4.98 Å². The van der Waals surface area contributed by atoms with Crippen LogP contribution in [0.25, 0.3) is 74.3 Å². The Morgan fingerprint density at radius 1 is 0.429 bits per heavy atom. The average molecular weight is 753 g/mol. The van der Waals surface area contributed by atoms with Crippen LogP contribution >= 0.6 is 22.7 Å². The highest BCUT2D eigenvalue weighted by Crippen LogP contribution is 2.51. The van der Waals surface area contributed by atoms with Crippen LogP contribution in [0.2, 0.25) is 0 Å². The minimum absolute atomic E-state index is 0.0483. The van der Waals surface area contributed by atoms with Gasteiger partial charge in [0.25, 0.3) is 0 Å². The van der Waals surface area contributed by atoms with Gasteiger partial charge in [0.15, 0.2) is 0 Å². The summed E-state index contributed by atoms with van der Waals surface area (Å²) in [5, 5.41) is 3.67. The van der Waals surface area contributed by atoms with Crippen molar-refractivity contribution >= 4 is 70.1 Å². The molecule has 0 aliphatic heterocycles. The van der Waals surface area contributed by atoms with Gasteiger partial charge in [-0.25, -0.2) is 4.98 Å². The largest absolute Gasteiger partial charge is 0.310 e. The molecule has 0 N–H and O–H groups in total. The van der Waals surface area contributed by atoms with Gasteiger partial charge in [0.05, 0.1) is 15.9 Å². The van der Waals surface area contributed by atoms with E-state index in [1.165, 1.54) is 74.9 Å². The fraction of sp³-hybridized carbons (Fsp3) is 0.0577. The first kappa shape index (κ1) is 33.0. The van der Waals surface area contributed by atoms with E-state index < -0.39 is 0 Å². The van der Waals surface area contributed by atoms with E-state index in [0.717, 1.165) is 27.6 Å². The Kier molecular flexibility index (Phi) is 7.60. The fourth-order valence-electron chi connectivity index (χ4n) is 8.69. The minimum Gasteiger partial charge on any atom is -0.310 e. The molecule has 1 aliphatic rings. The molecule has 0 spiro atoms. The molecule has 0 amide bonds. The Morgan fingerprint density at radius 2 is 1.07 bits per heavy atom. The standard InChI is InChI=1S/C52H36N2S2/c1-52(2)44-19-11-9-18-40(44)42-30-38(26-28-45(42)52)54(47-20-12-10-17-39(47)34-13-5-3-6-14-34)37-24-21-33(22-25-37)36-23-27-41-43-31-50-46(32-49(43)55-48(41)29-36)53-51(56-50)35-15-7-4-8-16-35/h3-32H,1-2H3. The predicted molar refractivity (Wildman–Crippen MR) is 241 cm³/mol. The van der Waals surface area contributed by atoms with Crippen molar-refractivity contribution < 1.29 is 0 Å². The molecule has 266 valence electrons. The molecule has 0 radical (unpaired) electrons. The number of thiophene rings is 1. The highest BCUT2D eigenvalue weighted by Gasteiger charge is 2.35. The molecule has 0 atom stereocenters. The molecular weight excluding hydrogens is 717 g/mol. The number of hydrogen-bond acceptors (Lipinski definition) is 4. The normalized spacial score (nSPS) is 13.0. The Labute approximate surface area is 334 Å². The third kappa shape index (κ3) is 5.32. The van der Waals surface area contributed by atoms with Crippen molar-refractivity contribution in [2.45, 2.75) is 19.3 Å². The zero-order valence-corrected chi connectivity index (χ0v) is 32.7. The summed E-state index contributed by atoms with van der Waals surface area (Å²) in [5.74, 6) is 0. The van der Waals surface area contributed by atoms with E-state index in [9.17, 15) is 0 Å². The number of rotatable bonds is 6. The van der Waals surface area contributed by atoms with Crippen molar-refractivity contribution in [2.24, 2.45) is 0 Å². The molecule has 0 bridgehead atoms. The van der Waals surface area contributed by atoms with E-state index >= 15 is 0 Å². The second-order valence-corrected chi connectivity index (χ2v) is 17.3. The fourth-order valence-corrected chi connectivity index (χ4v) is 10.8. The molecule has 56 heavy (non-hydrogen) atoms. The van der Waals surface area contributed by atoms with Crippen LogP contribution in [0.5, 0.6) is 0 Å². The SMILES string of the molecule is CC1(C)c2ccccc2-c2cc(N(c3ccc(-c4ccc5c(c4)sc4cc6nc(-c7ccccc7)sc6cc45)cc3)c3ccccc3-c3ccccc3)ccc21. The molecule has 2 heterocycles. The number of benzene rings is 8. The van der Waals surface area contributed by atoms with E-state index in [0.29, 0.717) is 0 Å². The maximum absolute atomic E-state index is 5.01. The van der Waals surface area contributed by atoms with E-state index in [1.807, 2.05) is 11.3 Å². The third-order valence-electron chi connectivity index (χ3n) is 11.5. The first-order valence-corrected chi connectivity index (χ1v) is 20.7. The van der Waals surface area contributed by atoms with E-state index in [-0.39, 0.29) is 5.41 Å². The first-order valence-electron chi connectivity index (χ1n) is 19.1. The number of thiazole rings is 1. The quantitative estimate of drug-likeness (QED) is 0.168. The Morgan fingerprint density at radius 3 is 1.88 bits per heavy atom. The molecule has 1 aliphatic carbocycles. The predicted octanol–water partition coefficient (Wildman–Crippen LogP) is 15.4. The molecule has 10 aromatic rings. The molecule has 2 aromatic heterocycles. The van der Waals surface area contributed by atoms with Gasteiger partial charge < -0.3 is 4.90 Å². The number of nitrogens with zero attached hydrogens (tertiary/aromatic N) is 2. The second-order valence-electron chi connectivity index (χ2n) is 15.2. The Hall–Kier alpha value is -6.33. The summed E-state index contributed by atoms with van der Waals surface area (Å²) in [5.41, 5.74) is 15.8. The number of para-hydroxylation sites is 1. The monoisotopic (exact) mass is 752 g/mol. The van der Waals surface area contributed by atoms with Crippen molar-refractivity contribution in [3.05, 3.63) is 193 Å². The average Bonchev–Trinajstić information content (AvgIpc) is 3.90. The van der Waals surface area contributed by atoms with Crippen molar-refractivity contribution in [3.63, 3.8) is 0 Å². The van der Waals surface area contributed by atoms with Crippen molar-refractivity contribution in [2.75, 3.05) is 4.90 Å². The molecule has 4 heteroatoms. The second kappa shape index (κ2) is 12.9. The zero-order valence-electron chi connectivity index (χ0n) is 31.0. The third-order valence-corrected chi connectivity index (χ3v) is 13.7. The van der Waals surface area contributed by atoms with Crippen LogP contribution < -0.4 is 4.90 Å². The molecule has 11 rings (SSSR count). The van der Waals surface area contributed by atoms with Crippen LogP contribution in [0.1, 0.15) is 25.0 Å². The van der Waals surface area contributed by atoms with Gasteiger partial charge in [-0.1, -0.05) is 147 Å². The summed E-state index contributed by atoms with van der Waals surface area (Å²) < 4.78 is 3.80. The van der Waals surface area contributed by atoms with Crippen LogP contribution in [0.3, 0.4) is 0 Å². The summed E-state index contributed by atoms with van der Waals surface area (Å²) in [6, 6.07) is 66.6. The van der Waals surface area contributed by atoms with Gasteiger partial charge in [-0.05, 0) is 87.5 Å². The highest BCUT2D eigenvalue weighted by atomic mass is 32.1. The van der Waals surface area contributed by atoms with Gasteiger partial charge in [-0.3, -0.25) is 0 Å². The van der Waals surface area contributed by atoms with Gasteiger partial charge in [0.1, 0.15) is 5.01 Å². The van der Waals surface area contributed by atoms with Crippen LogP contribution in [-0.2, 0) is 5.41 Å². The van der Waals surface area contributed by atoms with E-state index in [1.54, 1.807) is 11.3 Å². The minimum atomic E-state index is -0.0483. The van der Waals surface area contributed by atoms with Crippen molar-refractivity contribution in [3.8, 4) is 44.0 Å². The lowest BCUT2D eigenvalue weighted by Gasteiger charge is -2.29. The van der Waals surface area contributed by atoms with E-state index in [4.69, 9.17) is 4.98 Å². The summed E-state index contributed by atoms with van der Waals surface area (Å²) in [6.45, 7) is 4.69.